The van der Waals surface area contributed by atoms with Crippen molar-refractivity contribution in [2.24, 2.45) is 5.41 Å². The predicted molar refractivity (Wildman–Crippen MR) is 48.7 cm³/mol. The van der Waals surface area contributed by atoms with E-state index in [1.54, 1.807) is 6.08 Å². The van der Waals surface area contributed by atoms with E-state index in [2.05, 4.69) is 6.58 Å². The lowest BCUT2D eigenvalue weighted by Gasteiger charge is -2.25. The summed E-state index contributed by atoms with van der Waals surface area (Å²) >= 11 is 5.49. The highest BCUT2D eigenvalue weighted by Crippen LogP contribution is 2.33. The van der Waals surface area contributed by atoms with Crippen LogP contribution in [0.15, 0.2) is 12.7 Å². The number of hydrogen-bond acceptors (Lipinski definition) is 1. The van der Waals surface area contributed by atoms with Crippen LogP contribution in [0.4, 0.5) is 0 Å². The minimum Gasteiger partial charge on any atom is -0.281 e. The smallest absolute Gasteiger partial charge is 0.228 e. The van der Waals surface area contributed by atoms with Crippen molar-refractivity contribution < 1.29 is 4.79 Å². The van der Waals surface area contributed by atoms with Crippen LogP contribution in [0.2, 0.25) is 0 Å². The molecule has 0 aliphatic rings. The summed E-state index contributed by atoms with van der Waals surface area (Å²) in [6.07, 6.45) is 4.02. The van der Waals surface area contributed by atoms with Crippen molar-refractivity contribution in [2.45, 2.75) is 33.1 Å². The third-order valence-electron chi connectivity index (χ3n) is 2.31. The number of allylic oxidation sites excluding steroid dienone is 1. The molecular formula is C9H15ClO. The molecule has 0 amide bonds. The second kappa shape index (κ2) is 4.55. The van der Waals surface area contributed by atoms with Crippen LogP contribution in [0.3, 0.4) is 0 Å². The first-order chi connectivity index (χ1) is 5.13. The Balaban J connectivity index is 4.45. The molecule has 64 valence electrons. The zero-order valence-electron chi connectivity index (χ0n) is 7.19. The Bertz CT molecular complexity index is 148. The maximum Gasteiger partial charge on any atom is 0.228 e. The molecule has 0 radical (unpaired) electrons. The van der Waals surface area contributed by atoms with Gasteiger partial charge in [0.15, 0.2) is 0 Å². The molecule has 0 aromatic heterocycles. The molecule has 0 N–H and O–H groups in total. The molecule has 2 heteroatoms. The van der Waals surface area contributed by atoms with Crippen molar-refractivity contribution >= 4 is 16.8 Å². The zero-order valence-corrected chi connectivity index (χ0v) is 7.95. The molecule has 0 unspecified atom stereocenters. The monoisotopic (exact) mass is 174 g/mol. The fraction of sp³-hybridized carbons (Fsp3) is 0.667. The van der Waals surface area contributed by atoms with Crippen LogP contribution in [-0.2, 0) is 4.79 Å². The summed E-state index contributed by atoms with van der Waals surface area (Å²) in [5.41, 5.74) is -0.358. The average molecular weight is 175 g/mol. The van der Waals surface area contributed by atoms with Crippen LogP contribution in [0.5, 0.6) is 0 Å². The first-order valence-corrected chi connectivity index (χ1v) is 4.31. The van der Waals surface area contributed by atoms with Crippen LogP contribution in [-0.4, -0.2) is 5.24 Å². The molecule has 0 bridgehead atoms. The summed E-state index contributed by atoms with van der Waals surface area (Å²) in [5, 5.41) is -0.234. The molecule has 11 heavy (non-hydrogen) atoms. The van der Waals surface area contributed by atoms with Gasteiger partial charge in [0.25, 0.3) is 0 Å². The highest BCUT2D eigenvalue weighted by molar-refractivity contribution is 6.64. The topological polar surface area (TPSA) is 17.1 Å². The summed E-state index contributed by atoms with van der Waals surface area (Å²) < 4.78 is 0. The van der Waals surface area contributed by atoms with Crippen molar-refractivity contribution in [3.63, 3.8) is 0 Å². The minimum atomic E-state index is -0.358. The van der Waals surface area contributed by atoms with E-state index in [1.807, 2.05) is 13.8 Å². The molecule has 1 nitrogen and oxygen atoms in total. The second-order valence-electron chi connectivity index (χ2n) is 2.75. The lowest BCUT2D eigenvalue weighted by Crippen LogP contribution is -2.25. The quantitative estimate of drug-likeness (QED) is 0.462. The Labute approximate surface area is 73.4 Å². The molecule has 0 rings (SSSR count). The van der Waals surface area contributed by atoms with E-state index in [9.17, 15) is 4.79 Å². The molecule has 0 atom stereocenters. The van der Waals surface area contributed by atoms with Crippen molar-refractivity contribution in [3.8, 4) is 0 Å². The third kappa shape index (κ3) is 2.33. The van der Waals surface area contributed by atoms with E-state index in [4.69, 9.17) is 11.6 Å². The Morgan fingerprint density at radius 1 is 1.55 bits per heavy atom. The highest BCUT2D eigenvalue weighted by atomic mass is 35.5. The van der Waals surface area contributed by atoms with Crippen molar-refractivity contribution in [1.82, 2.24) is 0 Å². The van der Waals surface area contributed by atoms with Crippen LogP contribution >= 0.6 is 11.6 Å². The van der Waals surface area contributed by atoms with Gasteiger partial charge in [-0.2, -0.15) is 0 Å². The molecule has 0 heterocycles. The SMILES string of the molecule is C=CCC(CC)(CC)C(=O)Cl. The maximum atomic E-state index is 11.0. The molecule has 0 aliphatic heterocycles. The van der Waals surface area contributed by atoms with Gasteiger partial charge in [0, 0.05) is 5.41 Å². The van der Waals surface area contributed by atoms with Gasteiger partial charge >= 0.3 is 0 Å². The number of carbonyl (C=O) groups excluding carboxylic acids is 1. The van der Waals surface area contributed by atoms with E-state index >= 15 is 0 Å². The molecule has 0 aliphatic carbocycles. The fourth-order valence-electron chi connectivity index (χ4n) is 1.17. The lowest BCUT2D eigenvalue weighted by molar-refractivity contribution is -0.120. The number of rotatable bonds is 5. The molecule has 0 aromatic rings. The number of halogens is 1. The van der Waals surface area contributed by atoms with E-state index in [-0.39, 0.29) is 10.7 Å². The van der Waals surface area contributed by atoms with Crippen LogP contribution < -0.4 is 0 Å². The molecule has 0 saturated carbocycles. The van der Waals surface area contributed by atoms with Crippen molar-refractivity contribution in [2.75, 3.05) is 0 Å². The maximum absolute atomic E-state index is 11.0. The van der Waals surface area contributed by atoms with Gasteiger partial charge in [-0.3, -0.25) is 4.79 Å². The first-order valence-electron chi connectivity index (χ1n) is 3.93. The van der Waals surface area contributed by atoms with Gasteiger partial charge in [0.1, 0.15) is 0 Å². The minimum absolute atomic E-state index is 0.234. The molecule has 0 aromatic carbocycles. The summed E-state index contributed by atoms with van der Waals surface area (Å²) in [7, 11) is 0. The van der Waals surface area contributed by atoms with Gasteiger partial charge in [0.05, 0.1) is 0 Å². The highest BCUT2D eigenvalue weighted by Gasteiger charge is 2.31. The lowest BCUT2D eigenvalue weighted by atomic mass is 9.81. The van der Waals surface area contributed by atoms with E-state index in [1.165, 1.54) is 0 Å². The van der Waals surface area contributed by atoms with Crippen LogP contribution in [0, 0.1) is 5.41 Å². The van der Waals surface area contributed by atoms with Gasteiger partial charge in [-0.1, -0.05) is 19.9 Å². The molecule has 0 spiro atoms. The van der Waals surface area contributed by atoms with Gasteiger partial charge in [-0.25, -0.2) is 0 Å². The first kappa shape index (κ1) is 10.7. The van der Waals surface area contributed by atoms with Crippen molar-refractivity contribution in [1.29, 1.82) is 0 Å². The second-order valence-corrected chi connectivity index (χ2v) is 3.10. The van der Waals surface area contributed by atoms with Gasteiger partial charge in [-0.05, 0) is 30.9 Å². The summed E-state index contributed by atoms with van der Waals surface area (Å²) in [5.74, 6) is 0. The van der Waals surface area contributed by atoms with Crippen molar-refractivity contribution in [3.05, 3.63) is 12.7 Å². The van der Waals surface area contributed by atoms with Gasteiger partial charge in [0.2, 0.25) is 5.24 Å². The van der Waals surface area contributed by atoms with Crippen LogP contribution in [0.25, 0.3) is 0 Å². The average Bonchev–Trinajstić information content (AvgIpc) is 2.00. The molecule has 0 fully saturated rings. The Hall–Kier alpha value is -0.300. The Morgan fingerprint density at radius 2 is 2.00 bits per heavy atom. The standard InChI is InChI=1S/C9H15ClO/c1-4-7-9(5-2,6-3)8(10)11/h4H,1,5-7H2,2-3H3. The molecule has 0 saturated heterocycles. The van der Waals surface area contributed by atoms with Gasteiger partial charge in [-0.15, -0.1) is 6.58 Å². The van der Waals surface area contributed by atoms with Crippen LogP contribution in [0.1, 0.15) is 33.1 Å². The zero-order chi connectivity index (χ0) is 8.91. The summed E-state index contributed by atoms with van der Waals surface area (Å²) in [6.45, 7) is 7.57. The number of carbonyl (C=O) groups is 1. The van der Waals surface area contributed by atoms with E-state index in [0.717, 1.165) is 12.8 Å². The fourth-order valence-corrected chi connectivity index (χ4v) is 1.52. The Morgan fingerprint density at radius 3 is 2.09 bits per heavy atom. The summed E-state index contributed by atoms with van der Waals surface area (Å²) in [4.78, 5) is 11.0. The van der Waals surface area contributed by atoms with E-state index in [0.29, 0.717) is 6.42 Å². The molecular weight excluding hydrogens is 160 g/mol. The summed E-state index contributed by atoms with van der Waals surface area (Å²) in [6, 6.07) is 0. The predicted octanol–water partition coefficient (Wildman–Crippen LogP) is 3.13. The third-order valence-corrected chi connectivity index (χ3v) is 2.71. The Kier molecular flexibility index (Phi) is 4.43. The van der Waals surface area contributed by atoms with Gasteiger partial charge < -0.3 is 0 Å². The van der Waals surface area contributed by atoms with E-state index < -0.39 is 0 Å². The normalized spacial score (nSPS) is 11.2. The largest absolute Gasteiger partial charge is 0.281 e. The number of hydrogen-bond donors (Lipinski definition) is 0.